The molecule has 2 nitrogen and oxygen atoms in total. The van der Waals surface area contributed by atoms with Crippen LogP contribution in [0.15, 0.2) is 23.8 Å². The standard InChI is InChI=1S/C20H30O2/c1-14-6-9-18-19(2,3)10-5-11-20(18,4)16(14)8-7-15(12-21)17-13-22-17/h7,12,16-18H,1,5-6,8-11,13H2,2-4H3/b15-7-/t16-,17-,18-,20+/m0/s1. The van der Waals surface area contributed by atoms with Crippen LogP contribution in [-0.2, 0) is 9.53 Å². The largest absolute Gasteiger partial charge is 0.368 e. The minimum Gasteiger partial charge on any atom is -0.368 e. The van der Waals surface area contributed by atoms with Gasteiger partial charge < -0.3 is 4.74 Å². The number of hydrogen-bond donors (Lipinski definition) is 0. The summed E-state index contributed by atoms with van der Waals surface area (Å²) in [6, 6.07) is 0. The highest BCUT2D eigenvalue weighted by atomic mass is 16.6. The molecule has 4 atom stereocenters. The van der Waals surface area contributed by atoms with Gasteiger partial charge in [-0.25, -0.2) is 0 Å². The van der Waals surface area contributed by atoms with Gasteiger partial charge in [0, 0.05) is 5.57 Å². The lowest BCUT2D eigenvalue weighted by Crippen LogP contribution is -2.49. The highest BCUT2D eigenvalue weighted by Gasteiger charge is 2.52. The second-order valence-electron chi connectivity index (χ2n) is 8.53. The Morgan fingerprint density at radius 2 is 2.09 bits per heavy atom. The topological polar surface area (TPSA) is 29.6 Å². The van der Waals surface area contributed by atoms with Crippen LogP contribution in [0.4, 0.5) is 0 Å². The Labute approximate surface area is 135 Å². The molecular formula is C20H30O2. The van der Waals surface area contributed by atoms with Crippen LogP contribution in [-0.4, -0.2) is 19.0 Å². The molecule has 0 aromatic heterocycles. The molecule has 0 spiro atoms. The maximum absolute atomic E-state index is 11.2. The number of allylic oxidation sites excluding steroid dienone is 2. The molecule has 0 aromatic rings. The zero-order valence-corrected chi connectivity index (χ0v) is 14.4. The van der Waals surface area contributed by atoms with Crippen molar-refractivity contribution in [3.8, 4) is 0 Å². The van der Waals surface area contributed by atoms with Gasteiger partial charge in [-0.05, 0) is 54.8 Å². The van der Waals surface area contributed by atoms with E-state index in [-0.39, 0.29) is 6.10 Å². The van der Waals surface area contributed by atoms with Gasteiger partial charge >= 0.3 is 0 Å². The van der Waals surface area contributed by atoms with Crippen molar-refractivity contribution >= 4 is 6.29 Å². The molecular weight excluding hydrogens is 272 g/mol. The molecule has 3 rings (SSSR count). The van der Waals surface area contributed by atoms with Crippen molar-refractivity contribution < 1.29 is 9.53 Å². The maximum Gasteiger partial charge on any atom is 0.148 e. The van der Waals surface area contributed by atoms with Gasteiger partial charge in [0.25, 0.3) is 0 Å². The number of rotatable bonds is 4. The van der Waals surface area contributed by atoms with E-state index < -0.39 is 0 Å². The molecule has 22 heavy (non-hydrogen) atoms. The van der Waals surface area contributed by atoms with Crippen LogP contribution in [0.5, 0.6) is 0 Å². The second-order valence-corrected chi connectivity index (χ2v) is 8.53. The Balaban J connectivity index is 1.84. The molecule has 1 saturated heterocycles. The smallest absolute Gasteiger partial charge is 0.148 e. The van der Waals surface area contributed by atoms with Crippen molar-refractivity contribution in [2.24, 2.45) is 22.7 Å². The summed E-state index contributed by atoms with van der Waals surface area (Å²) in [5.74, 6) is 1.29. The number of fused-ring (bicyclic) bond motifs is 1. The Hall–Kier alpha value is -0.890. The van der Waals surface area contributed by atoms with E-state index in [1.807, 2.05) is 0 Å². The quantitative estimate of drug-likeness (QED) is 0.326. The van der Waals surface area contributed by atoms with E-state index in [0.29, 0.717) is 23.4 Å². The fourth-order valence-corrected chi connectivity index (χ4v) is 5.46. The summed E-state index contributed by atoms with van der Waals surface area (Å²) < 4.78 is 5.27. The molecule has 1 heterocycles. The van der Waals surface area contributed by atoms with Crippen molar-refractivity contribution in [1.29, 1.82) is 0 Å². The van der Waals surface area contributed by atoms with E-state index in [9.17, 15) is 4.79 Å². The average Bonchev–Trinajstić information content (AvgIpc) is 3.25. The predicted octanol–water partition coefficient (Wildman–Crippen LogP) is 4.70. The lowest BCUT2D eigenvalue weighted by atomic mass is 9.47. The first-order valence-electron chi connectivity index (χ1n) is 8.83. The molecule has 0 aromatic carbocycles. The van der Waals surface area contributed by atoms with E-state index in [1.54, 1.807) is 0 Å². The molecule has 2 heteroatoms. The molecule has 0 radical (unpaired) electrons. The van der Waals surface area contributed by atoms with E-state index >= 15 is 0 Å². The van der Waals surface area contributed by atoms with Crippen molar-refractivity contribution in [3.05, 3.63) is 23.8 Å². The zero-order valence-electron chi connectivity index (χ0n) is 14.4. The minimum absolute atomic E-state index is 0.0701. The number of carbonyl (C=O) groups excluding carboxylic acids is 1. The van der Waals surface area contributed by atoms with Crippen molar-refractivity contribution in [1.82, 2.24) is 0 Å². The van der Waals surface area contributed by atoms with Crippen LogP contribution >= 0.6 is 0 Å². The van der Waals surface area contributed by atoms with E-state index in [4.69, 9.17) is 4.74 Å². The van der Waals surface area contributed by atoms with Gasteiger partial charge in [-0.15, -0.1) is 0 Å². The summed E-state index contributed by atoms with van der Waals surface area (Å²) >= 11 is 0. The third kappa shape index (κ3) is 2.71. The van der Waals surface area contributed by atoms with Crippen LogP contribution in [0.2, 0.25) is 0 Å². The number of aldehydes is 1. The van der Waals surface area contributed by atoms with Gasteiger partial charge in [-0.2, -0.15) is 0 Å². The molecule has 0 N–H and O–H groups in total. The molecule has 3 fully saturated rings. The summed E-state index contributed by atoms with van der Waals surface area (Å²) in [7, 11) is 0. The Bertz CT molecular complexity index is 498. The van der Waals surface area contributed by atoms with Crippen LogP contribution < -0.4 is 0 Å². The number of epoxide rings is 1. The molecule has 2 saturated carbocycles. The van der Waals surface area contributed by atoms with E-state index in [0.717, 1.165) is 30.6 Å². The van der Waals surface area contributed by atoms with E-state index in [1.165, 1.54) is 31.3 Å². The van der Waals surface area contributed by atoms with Gasteiger partial charge in [0.15, 0.2) is 0 Å². The van der Waals surface area contributed by atoms with Crippen LogP contribution in [0.3, 0.4) is 0 Å². The number of carbonyl (C=O) groups is 1. The predicted molar refractivity (Wildman–Crippen MR) is 89.6 cm³/mol. The van der Waals surface area contributed by atoms with Crippen molar-refractivity contribution in [2.75, 3.05) is 6.61 Å². The monoisotopic (exact) mass is 302 g/mol. The lowest BCUT2D eigenvalue weighted by molar-refractivity contribution is -0.105. The van der Waals surface area contributed by atoms with Gasteiger partial charge in [0.2, 0.25) is 0 Å². The van der Waals surface area contributed by atoms with Crippen molar-refractivity contribution in [3.63, 3.8) is 0 Å². The molecule has 122 valence electrons. The van der Waals surface area contributed by atoms with Gasteiger partial charge in [0.05, 0.1) is 6.61 Å². The third-order valence-corrected chi connectivity index (χ3v) is 6.75. The van der Waals surface area contributed by atoms with Gasteiger partial charge in [0.1, 0.15) is 12.4 Å². The summed E-state index contributed by atoms with van der Waals surface area (Å²) in [6.07, 6.45) is 10.5. The van der Waals surface area contributed by atoms with Gasteiger partial charge in [-0.3, -0.25) is 4.79 Å². The molecule has 0 amide bonds. The van der Waals surface area contributed by atoms with Crippen LogP contribution in [0, 0.1) is 22.7 Å². The fourth-order valence-electron chi connectivity index (χ4n) is 5.46. The summed E-state index contributed by atoms with van der Waals surface area (Å²) in [6.45, 7) is 12.5. The molecule has 3 aliphatic rings. The highest BCUT2D eigenvalue weighted by Crippen LogP contribution is 2.61. The van der Waals surface area contributed by atoms with E-state index in [2.05, 4.69) is 33.4 Å². The minimum atomic E-state index is 0.0701. The molecule has 0 bridgehead atoms. The Morgan fingerprint density at radius 1 is 1.36 bits per heavy atom. The highest BCUT2D eigenvalue weighted by molar-refractivity contribution is 5.75. The SMILES string of the molecule is C=C1CC[C@H]2C(C)(C)CCC[C@]2(C)[C@H]1C/C=C(/C=O)[C@@H]1CO1. The first-order valence-corrected chi connectivity index (χ1v) is 8.83. The second kappa shape index (κ2) is 5.63. The number of ether oxygens (including phenoxy) is 1. The Morgan fingerprint density at radius 3 is 2.73 bits per heavy atom. The third-order valence-electron chi connectivity index (χ3n) is 6.75. The zero-order chi connectivity index (χ0) is 16.0. The molecule has 0 unspecified atom stereocenters. The summed E-state index contributed by atoms with van der Waals surface area (Å²) in [5.41, 5.74) is 3.01. The maximum atomic E-state index is 11.2. The summed E-state index contributed by atoms with van der Waals surface area (Å²) in [5, 5.41) is 0. The molecule has 2 aliphatic carbocycles. The van der Waals surface area contributed by atoms with Gasteiger partial charge in [-0.1, -0.05) is 45.4 Å². The first kappa shape index (κ1) is 16.0. The Kier molecular flexibility index (Phi) is 4.09. The molecule has 1 aliphatic heterocycles. The normalized spacial score (nSPS) is 41.0. The number of hydrogen-bond acceptors (Lipinski definition) is 2. The fraction of sp³-hybridized carbons (Fsp3) is 0.750. The summed E-state index contributed by atoms with van der Waals surface area (Å²) in [4.78, 5) is 11.2. The lowest BCUT2D eigenvalue weighted by Gasteiger charge is -2.58. The average molecular weight is 302 g/mol. The first-order chi connectivity index (χ1) is 10.4. The van der Waals surface area contributed by atoms with Crippen LogP contribution in [0.1, 0.15) is 59.3 Å². The van der Waals surface area contributed by atoms with Crippen molar-refractivity contribution in [2.45, 2.75) is 65.4 Å². The van der Waals surface area contributed by atoms with Crippen LogP contribution in [0.25, 0.3) is 0 Å².